The Labute approximate surface area is 80.2 Å². The van der Waals surface area contributed by atoms with Crippen molar-refractivity contribution in [1.29, 1.82) is 5.26 Å². The van der Waals surface area contributed by atoms with Crippen LogP contribution in [0, 0.1) is 18.3 Å². The van der Waals surface area contributed by atoms with Crippen LogP contribution in [0.4, 0.5) is 14.6 Å². The largest absolute Gasteiger partial charge is 0.383 e. The lowest BCUT2D eigenvalue weighted by molar-refractivity contribution is 0.150. The molecule has 0 aliphatic heterocycles. The van der Waals surface area contributed by atoms with E-state index < -0.39 is 6.43 Å². The van der Waals surface area contributed by atoms with Crippen LogP contribution >= 0.6 is 0 Å². The lowest BCUT2D eigenvalue weighted by atomic mass is 10.1. The van der Waals surface area contributed by atoms with Crippen molar-refractivity contribution in [2.24, 2.45) is 0 Å². The molecule has 74 valence electrons. The quantitative estimate of drug-likeness (QED) is 0.788. The van der Waals surface area contributed by atoms with E-state index in [4.69, 9.17) is 11.0 Å². The third-order valence-corrected chi connectivity index (χ3v) is 1.87. The van der Waals surface area contributed by atoms with Gasteiger partial charge in [-0.05, 0) is 13.0 Å². The standard InChI is InChI=1S/C9H9F2N3/c1-5-7(8(10)11)4-6(2-3-12)9(13)14-5/h4,8H,2H2,1H3,(H2,13,14). The number of nitrogens with zero attached hydrogens (tertiary/aromatic N) is 2. The van der Waals surface area contributed by atoms with E-state index in [9.17, 15) is 8.78 Å². The highest BCUT2D eigenvalue weighted by Crippen LogP contribution is 2.24. The SMILES string of the molecule is Cc1nc(N)c(CC#N)cc1C(F)F. The van der Waals surface area contributed by atoms with Crippen molar-refractivity contribution in [1.82, 2.24) is 4.98 Å². The number of nitrogens with two attached hydrogens (primary N) is 1. The first-order valence-corrected chi connectivity index (χ1v) is 3.97. The fraction of sp³-hybridized carbons (Fsp3) is 0.333. The number of nitriles is 1. The zero-order valence-electron chi connectivity index (χ0n) is 7.59. The zero-order chi connectivity index (χ0) is 10.7. The molecule has 14 heavy (non-hydrogen) atoms. The van der Waals surface area contributed by atoms with Gasteiger partial charge in [0.05, 0.1) is 12.5 Å². The van der Waals surface area contributed by atoms with Crippen LogP contribution in [-0.2, 0) is 6.42 Å². The minimum absolute atomic E-state index is 0.00116. The van der Waals surface area contributed by atoms with Crippen molar-refractivity contribution in [3.05, 3.63) is 22.9 Å². The van der Waals surface area contributed by atoms with Gasteiger partial charge in [0.2, 0.25) is 0 Å². The molecule has 1 rings (SSSR count). The molecule has 5 heteroatoms. The number of nitrogen functional groups attached to an aromatic ring is 1. The molecule has 0 aliphatic carbocycles. The zero-order valence-corrected chi connectivity index (χ0v) is 7.59. The molecule has 0 fully saturated rings. The maximum absolute atomic E-state index is 12.4. The summed E-state index contributed by atoms with van der Waals surface area (Å²) in [6.07, 6.45) is -2.58. The van der Waals surface area contributed by atoms with Gasteiger partial charge in [-0.1, -0.05) is 0 Å². The molecule has 0 spiro atoms. The Bertz CT molecular complexity index is 382. The number of alkyl halides is 2. The van der Waals surface area contributed by atoms with Crippen molar-refractivity contribution in [3.63, 3.8) is 0 Å². The molecule has 0 radical (unpaired) electrons. The Kier molecular flexibility index (Phi) is 2.97. The second-order valence-electron chi connectivity index (χ2n) is 2.84. The summed E-state index contributed by atoms with van der Waals surface area (Å²) in [5.41, 5.74) is 5.87. The average Bonchev–Trinajstić information content (AvgIpc) is 2.09. The van der Waals surface area contributed by atoms with Crippen molar-refractivity contribution in [3.8, 4) is 6.07 Å². The van der Waals surface area contributed by atoms with Crippen LogP contribution in [0.1, 0.15) is 23.2 Å². The smallest absolute Gasteiger partial charge is 0.265 e. The fourth-order valence-electron chi connectivity index (χ4n) is 1.13. The lowest BCUT2D eigenvalue weighted by Gasteiger charge is -2.07. The number of halogens is 2. The van der Waals surface area contributed by atoms with Crippen molar-refractivity contribution >= 4 is 5.82 Å². The summed E-state index contributed by atoms with van der Waals surface area (Å²) in [6, 6.07) is 3.09. The maximum Gasteiger partial charge on any atom is 0.265 e. The van der Waals surface area contributed by atoms with E-state index in [1.165, 1.54) is 13.0 Å². The molecule has 0 aliphatic rings. The van der Waals surface area contributed by atoms with Gasteiger partial charge in [0.15, 0.2) is 0 Å². The third-order valence-electron chi connectivity index (χ3n) is 1.87. The van der Waals surface area contributed by atoms with Gasteiger partial charge in [0.25, 0.3) is 6.43 Å². The molecule has 3 nitrogen and oxygen atoms in total. The number of pyridine rings is 1. The van der Waals surface area contributed by atoms with Gasteiger partial charge in [-0.15, -0.1) is 0 Å². The molecule has 0 unspecified atom stereocenters. The highest BCUT2D eigenvalue weighted by Gasteiger charge is 2.14. The van der Waals surface area contributed by atoms with E-state index in [-0.39, 0.29) is 23.5 Å². The maximum atomic E-state index is 12.4. The van der Waals surface area contributed by atoms with E-state index in [1.807, 2.05) is 6.07 Å². The van der Waals surface area contributed by atoms with Crippen LogP contribution in [0.5, 0.6) is 0 Å². The van der Waals surface area contributed by atoms with Gasteiger partial charge in [0, 0.05) is 16.8 Å². The number of anilines is 1. The molecule has 1 aromatic rings. The third kappa shape index (κ3) is 1.96. The number of hydrogen-bond acceptors (Lipinski definition) is 3. The topological polar surface area (TPSA) is 62.7 Å². The normalized spacial score (nSPS) is 10.2. The van der Waals surface area contributed by atoms with Gasteiger partial charge in [-0.25, -0.2) is 13.8 Å². The molecule has 0 saturated heterocycles. The van der Waals surface area contributed by atoms with E-state index in [0.717, 1.165) is 0 Å². The molecule has 2 N–H and O–H groups in total. The van der Waals surface area contributed by atoms with Crippen molar-refractivity contribution in [2.75, 3.05) is 5.73 Å². The van der Waals surface area contributed by atoms with Gasteiger partial charge >= 0.3 is 0 Å². The minimum atomic E-state index is -2.58. The summed E-state index contributed by atoms with van der Waals surface area (Å²) in [5, 5.41) is 8.42. The van der Waals surface area contributed by atoms with E-state index in [2.05, 4.69) is 4.98 Å². The molecule has 0 amide bonds. The second-order valence-corrected chi connectivity index (χ2v) is 2.84. The number of hydrogen-bond donors (Lipinski definition) is 1. The molecule has 0 saturated carbocycles. The van der Waals surface area contributed by atoms with Crippen LogP contribution in [0.3, 0.4) is 0 Å². The summed E-state index contributed by atoms with van der Waals surface area (Å²) < 4.78 is 24.8. The lowest BCUT2D eigenvalue weighted by Crippen LogP contribution is -2.03. The van der Waals surface area contributed by atoms with Gasteiger partial charge in [0.1, 0.15) is 5.82 Å². The van der Waals surface area contributed by atoms with Crippen LogP contribution in [-0.4, -0.2) is 4.98 Å². The van der Waals surface area contributed by atoms with Crippen LogP contribution in [0.15, 0.2) is 6.07 Å². The average molecular weight is 197 g/mol. The Balaban J connectivity index is 3.21. The Morgan fingerprint density at radius 1 is 1.64 bits per heavy atom. The highest BCUT2D eigenvalue weighted by atomic mass is 19.3. The molecule has 0 bridgehead atoms. The highest BCUT2D eigenvalue weighted by molar-refractivity contribution is 5.45. The molecule has 1 heterocycles. The molecular weight excluding hydrogens is 188 g/mol. The van der Waals surface area contributed by atoms with E-state index in [1.54, 1.807) is 0 Å². The van der Waals surface area contributed by atoms with Crippen LogP contribution in [0.2, 0.25) is 0 Å². The number of rotatable bonds is 2. The second kappa shape index (κ2) is 4.01. The number of aromatic nitrogens is 1. The van der Waals surface area contributed by atoms with Gasteiger partial charge in [-0.2, -0.15) is 5.26 Å². The van der Waals surface area contributed by atoms with Crippen molar-refractivity contribution in [2.45, 2.75) is 19.8 Å². The fourth-order valence-corrected chi connectivity index (χ4v) is 1.13. The first kappa shape index (κ1) is 10.4. The van der Waals surface area contributed by atoms with E-state index in [0.29, 0.717) is 5.56 Å². The summed E-state index contributed by atoms with van der Waals surface area (Å²) in [6.45, 7) is 1.47. The summed E-state index contributed by atoms with van der Waals surface area (Å²) >= 11 is 0. The van der Waals surface area contributed by atoms with Gasteiger partial charge in [-0.3, -0.25) is 0 Å². The molecule has 1 aromatic heterocycles. The monoisotopic (exact) mass is 197 g/mol. The summed E-state index contributed by atoms with van der Waals surface area (Å²) in [7, 11) is 0. The van der Waals surface area contributed by atoms with Gasteiger partial charge < -0.3 is 5.73 Å². The minimum Gasteiger partial charge on any atom is -0.383 e. The summed E-state index contributed by atoms with van der Waals surface area (Å²) in [5.74, 6) is 0.147. The molecule has 0 aromatic carbocycles. The predicted octanol–water partition coefficient (Wildman–Crippen LogP) is 1.98. The van der Waals surface area contributed by atoms with E-state index >= 15 is 0 Å². The Morgan fingerprint density at radius 3 is 2.79 bits per heavy atom. The van der Waals surface area contributed by atoms with Crippen LogP contribution in [0.25, 0.3) is 0 Å². The molecular formula is C9H9F2N3. The first-order valence-electron chi connectivity index (χ1n) is 3.97. The first-order chi connectivity index (χ1) is 6.56. The van der Waals surface area contributed by atoms with Crippen LogP contribution < -0.4 is 5.73 Å². The Morgan fingerprint density at radius 2 is 2.29 bits per heavy atom. The Hall–Kier alpha value is -1.70. The van der Waals surface area contributed by atoms with Crippen molar-refractivity contribution < 1.29 is 8.78 Å². The predicted molar refractivity (Wildman–Crippen MR) is 47.7 cm³/mol. The number of aryl methyl sites for hydroxylation is 1. The summed E-state index contributed by atoms with van der Waals surface area (Å²) in [4.78, 5) is 3.76. The molecule has 0 atom stereocenters.